The molecule has 0 unspecified atom stereocenters. The van der Waals surface area contributed by atoms with E-state index in [1.54, 1.807) is 11.7 Å². The first-order valence-corrected chi connectivity index (χ1v) is 3.12. The number of hydrogen-bond donors (Lipinski definition) is 0. The molecular weight excluding hydrogens is 364 g/mol. The molecule has 1 heterocycles. The van der Waals surface area contributed by atoms with Crippen molar-refractivity contribution in [2.24, 2.45) is 4.99 Å². The molecule has 0 aliphatic rings. The molecule has 0 bridgehead atoms. The Hall–Kier alpha value is -0.0681. The van der Waals surface area contributed by atoms with Gasteiger partial charge in [-0.2, -0.15) is 0 Å². The van der Waals surface area contributed by atoms with Crippen molar-refractivity contribution in [3.63, 3.8) is 0 Å². The maximum atomic E-state index is 4.11. The van der Waals surface area contributed by atoms with E-state index < -0.39 is 0 Å². The average molecular weight is 374 g/mol. The van der Waals surface area contributed by atoms with Crippen LogP contribution in [0.25, 0.3) is 0 Å². The van der Waals surface area contributed by atoms with Gasteiger partial charge in [0.25, 0.3) is 0 Å². The molecule has 1 rings (SSSR count). The van der Waals surface area contributed by atoms with Gasteiger partial charge in [0.15, 0.2) is 0 Å². The summed E-state index contributed by atoms with van der Waals surface area (Å²) in [5, 5.41) is 4.11. The Morgan fingerprint density at radius 1 is 1.55 bits per heavy atom. The molecule has 0 aliphatic heterocycles. The van der Waals surface area contributed by atoms with Crippen molar-refractivity contribution in [2.45, 2.75) is 13.8 Å². The zero-order chi connectivity index (χ0) is 7.56. The number of aliphatic imine (C=N–C) groups is 1. The normalized spacial score (nSPS) is 10.1. The maximum Gasteiger partial charge on any atom is 0.0389 e. The van der Waals surface area contributed by atoms with Gasteiger partial charge in [-0.3, -0.25) is 0 Å². The van der Waals surface area contributed by atoms with Crippen molar-refractivity contribution in [2.75, 3.05) is 7.05 Å². The summed E-state index contributed by atoms with van der Waals surface area (Å²) < 4.78 is 1.63. The van der Waals surface area contributed by atoms with Crippen LogP contribution in [-0.4, -0.2) is 23.2 Å². The molecule has 0 N–H and O–H groups in total. The van der Waals surface area contributed by atoms with Gasteiger partial charge in [-0.15, -0.1) is 11.8 Å². The second kappa shape index (κ2) is 4.74. The molecule has 58 valence electrons. The molecule has 1 aromatic rings. The van der Waals surface area contributed by atoms with Crippen molar-refractivity contribution >= 4 is 6.34 Å². The molecule has 3 nitrogen and oxygen atoms in total. The van der Waals surface area contributed by atoms with Crippen LogP contribution in [0, 0.1) is 45.0 Å². The summed E-state index contributed by atoms with van der Waals surface area (Å²) in [6, 6.07) is 1.98. The van der Waals surface area contributed by atoms with Crippen LogP contribution in [-0.2, 0) is 0 Å². The molecule has 1 aromatic heterocycles. The van der Waals surface area contributed by atoms with Gasteiger partial charge in [0.05, 0.1) is 0 Å². The van der Waals surface area contributed by atoms with Crippen molar-refractivity contribution in [1.82, 2.24) is 9.78 Å². The zero-order valence-corrected chi connectivity index (χ0v) is 11.1. The van der Waals surface area contributed by atoms with E-state index in [0.29, 0.717) is 0 Å². The van der Waals surface area contributed by atoms with E-state index in [1.807, 2.05) is 19.9 Å². The SMILES string of the molecule is CN=[C-]n1nc(C)cc1C.[U]. The fourth-order valence-corrected chi connectivity index (χ4v) is 0.825. The van der Waals surface area contributed by atoms with Gasteiger partial charge >= 0.3 is 0 Å². The number of rotatable bonds is 1. The summed E-state index contributed by atoms with van der Waals surface area (Å²) >= 11 is 0. The van der Waals surface area contributed by atoms with Crippen LogP contribution in [0.2, 0.25) is 0 Å². The zero-order valence-electron chi connectivity index (χ0n) is 6.92. The van der Waals surface area contributed by atoms with Crippen LogP contribution in [0.4, 0.5) is 0 Å². The predicted octanol–water partition coefficient (Wildman–Crippen LogP) is 0.883. The molecular formula is C7H10N3U-. The van der Waals surface area contributed by atoms with E-state index in [4.69, 9.17) is 0 Å². The molecule has 0 saturated carbocycles. The first-order chi connectivity index (χ1) is 4.74. The summed E-state index contributed by atoms with van der Waals surface area (Å²) in [5.74, 6) is 0. The van der Waals surface area contributed by atoms with Crippen molar-refractivity contribution < 1.29 is 31.1 Å². The van der Waals surface area contributed by atoms with Crippen LogP contribution in [0.3, 0.4) is 0 Å². The number of aryl methyl sites for hydroxylation is 2. The van der Waals surface area contributed by atoms with E-state index in [2.05, 4.69) is 16.4 Å². The Morgan fingerprint density at radius 3 is 2.55 bits per heavy atom. The molecule has 0 radical (unpaired) electrons. The molecule has 0 fully saturated rings. The second-order valence-electron chi connectivity index (χ2n) is 2.16. The molecule has 0 spiro atoms. The topological polar surface area (TPSA) is 30.2 Å². The van der Waals surface area contributed by atoms with Crippen molar-refractivity contribution in [3.05, 3.63) is 17.5 Å². The number of aromatic nitrogens is 2. The van der Waals surface area contributed by atoms with Gasteiger partial charge in [-0.05, 0) is 13.3 Å². The van der Waals surface area contributed by atoms with E-state index in [1.165, 1.54) is 0 Å². The third-order valence-electron chi connectivity index (χ3n) is 1.20. The Balaban J connectivity index is 0.000001000. The Morgan fingerprint density at radius 2 is 2.18 bits per heavy atom. The molecule has 0 aromatic carbocycles. The van der Waals surface area contributed by atoms with E-state index in [0.717, 1.165) is 11.4 Å². The Bertz CT molecular complexity index is 252. The van der Waals surface area contributed by atoms with Crippen LogP contribution in [0.1, 0.15) is 11.4 Å². The third kappa shape index (κ3) is 2.80. The van der Waals surface area contributed by atoms with Gasteiger partial charge in [-0.1, -0.05) is 6.92 Å². The average Bonchev–Trinajstić information content (AvgIpc) is 2.13. The summed E-state index contributed by atoms with van der Waals surface area (Å²) in [6.45, 7) is 3.92. The first kappa shape index (κ1) is 10.9. The van der Waals surface area contributed by atoms with E-state index in [9.17, 15) is 0 Å². The van der Waals surface area contributed by atoms with Gasteiger partial charge in [0.2, 0.25) is 0 Å². The molecule has 11 heavy (non-hydrogen) atoms. The fourth-order valence-electron chi connectivity index (χ4n) is 0.825. The quantitative estimate of drug-likeness (QED) is 0.408. The second-order valence-corrected chi connectivity index (χ2v) is 2.16. The third-order valence-corrected chi connectivity index (χ3v) is 1.20. The smallest absolute Gasteiger partial charge is 0.0389 e. The van der Waals surface area contributed by atoms with Gasteiger partial charge < -0.3 is 9.67 Å². The van der Waals surface area contributed by atoms with Gasteiger partial charge in [0.1, 0.15) is 0 Å². The first-order valence-electron chi connectivity index (χ1n) is 3.12. The maximum absolute atomic E-state index is 4.11. The van der Waals surface area contributed by atoms with Crippen LogP contribution < -0.4 is 0 Å². The van der Waals surface area contributed by atoms with Gasteiger partial charge in [-0.25, -0.2) is 5.10 Å². The summed E-state index contributed by atoms with van der Waals surface area (Å²) in [4.78, 5) is 3.73. The number of hydrogen-bond acceptors (Lipinski definition) is 2. The Kier molecular flexibility index (Phi) is 4.71. The van der Waals surface area contributed by atoms with Crippen LogP contribution in [0.5, 0.6) is 0 Å². The fraction of sp³-hybridized carbons (Fsp3) is 0.429. The molecule has 0 atom stereocenters. The predicted molar refractivity (Wildman–Crippen MR) is 40.5 cm³/mol. The summed E-state index contributed by atoms with van der Waals surface area (Å²) in [6.07, 6.45) is 2.73. The summed E-state index contributed by atoms with van der Waals surface area (Å²) in [7, 11) is 1.68. The van der Waals surface area contributed by atoms with Crippen LogP contribution >= 0.6 is 0 Å². The minimum Gasteiger partial charge on any atom is -0.389 e. The van der Waals surface area contributed by atoms with Crippen LogP contribution in [0.15, 0.2) is 11.1 Å². The largest absolute Gasteiger partial charge is 0.389 e. The molecule has 4 heteroatoms. The summed E-state index contributed by atoms with van der Waals surface area (Å²) in [5.41, 5.74) is 2.05. The molecule has 0 amide bonds. The van der Waals surface area contributed by atoms with Gasteiger partial charge in [0, 0.05) is 43.9 Å². The monoisotopic (exact) mass is 374 g/mol. The van der Waals surface area contributed by atoms with E-state index >= 15 is 0 Å². The van der Waals surface area contributed by atoms with E-state index in [-0.39, 0.29) is 31.1 Å². The Labute approximate surface area is 90.3 Å². The minimum atomic E-state index is 0. The minimum absolute atomic E-state index is 0. The standard InChI is InChI=1S/C7H10N3.U/c1-6-4-7(2)10(9-6)5-8-3;/h4H,1-3H3;/q-1;. The van der Waals surface area contributed by atoms with Crippen molar-refractivity contribution in [3.8, 4) is 0 Å². The number of nitrogens with zero attached hydrogens (tertiary/aromatic N) is 3. The molecule has 0 aliphatic carbocycles. The van der Waals surface area contributed by atoms with Crippen molar-refractivity contribution in [1.29, 1.82) is 0 Å². The molecule has 0 saturated heterocycles.